The molecule has 0 fully saturated rings. The van der Waals surface area contributed by atoms with E-state index in [1.807, 2.05) is 42.5 Å². The Balaban J connectivity index is 1.08. The van der Waals surface area contributed by atoms with Gasteiger partial charge >= 0.3 is 0 Å². The Morgan fingerprint density at radius 3 is 1.62 bits per heavy atom. The van der Waals surface area contributed by atoms with Crippen molar-refractivity contribution in [3.63, 3.8) is 0 Å². The number of para-hydroxylation sites is 3. The van der Waals surface area contributed by atoms with Gasteiger partial charge in [0.15, 0.2) is 17.5 Å². The van der Waals surface area contributed by atoms with E-state index in [9.17, 15) is 0 Å². The summed E-state index contributed by atoms with van der Waals surface area (Å²) in [6.07, 6.45) is 0. The molecule has 1 aliphatic rings. The summed E-state index contributed by atoms with van der Waals surface area (Å²) in [7, 11) is 0. The molecule has 0 radical (unpaired) electrons. The SMILES string of the molecule is [2H]c1c([2H])c([2H])c(-c2ccc(-c3nc(-c4ccccc4)nc(-c4ccc(C5(c6ccccc6)c6ccccc6-n6c7ccccc7c7cccc5c76)cc4)n3)cc2)c([2H])c1[2H]. The maximum atomic E-state index is 8.49. The van der Waals surface area contributed by atoms with Gasteiger partial charge in [0, 0.05) is 27.5 Å². The lowest BCUT2D eigenvalue weighted by Gasteiger charge is -2.41. The fourth-order valence-electron chi connectivity index (χ4n) is 8.58. The predicted molar refractivity (Wildman–Crippen MR) is 228 cm³/mol. The molecule has 11 rings (SSSR count). The standard InChI is InChI=1S/C52H34N4/c1-4-15-35(16-5-1)36-27-29-38(30-28-36)50-53-49(37-17-6-2-7-18-37)54-51(55-50)39-31-33-41(34-32-39)52(40-19-8-3-9-20-40)44-23-11-13-26-47(44)56-46-25-12-10-21-42(46)43-22-14-24-45(52)48(43)56/h1-34H/i1D,4D,5D,15D,16D. The Hall–Kier alpha value is -7.43. The summed E-state index contributed by atoms with van der Waals surface area (Å²) < 4.78 is 43.8. The Kier molecular flexibility index (Phi) is 6.25. The van der Waals surface area contributed by atoms with E-state index in [0.29, 0.717) is 28.6 Å². The van der Waals surface area contributed by atoms with Crippen molar-refractivity contribution in [2.24, 2.45) is 0 Å². The van der Waals surface area contributed by atoms with E-state index in [1.54, 1.807) is 12.1 Å². The maximum absolute atomic E-state index is 8.49. The first-order valence-electron chi connectivity index (χ1n) is 21.1. The van der Waals surface area contributed by atoms with Crippen LogP contribution in [0.1, 0.15) is 29.1 Å². The summed E-state index contributed by atoms with van der Waals surface area (Å²) in [6, 6.07) is 58.7. The molecule has 0 aliphatic carbocycles. The summed E-state index contributed by atoms with van der Waals surface area (Å²) in [5.41, 5.74) is 10.5. The molecule has 4 nitrogen and oxygen atoms in total. The van der Waals surface area contributed by atoms with E-state index in [2.05, 4.69) is 126 Å². The van der Waals surface area contributed by atoms with Gasteiger partial charge in [-0.3, -0.25) is 0 Å². The molecule has 0 saturated carbocycles. The van der Waals surface area contributed by atoms with E-state index in [4.69, 9.17) is 21.8 Å². The Morgan fingerprint density at radius 1 is 0.393 bits per heavy atom. The summed E-state index contributed by atoms with van der Waals surface area (Å²) in [4.78, 5) is 15.0. The molecule has 3 heterocycles. The molecule has 1 aliphatic heterocycles. The van der Waals surface area contributed by atoms with Crippen LogP contribution in [0.25, 0.3) is 72.8 Å². The Labute approximate surface area is 332 Å². The number of benzene rings is 8. The molecule has 2 aromatic heterocycles. The maximum Gasteiger partial charge on any atom is 0.164 e. The van der Waals surface area contributed by atoms with E-state index in [1.165, 1.54) is 38.5 Å². The lowest BCUT2D eigenvalue weighted by Crippen LogP contribution is -2.35. The molecule has 0 bridgehead atoms. The second kappa shape index (κ2) is 12.9. The van der Waals surface area contributed by atoms with Gasteiger partial charge in [0.25, 0.3) is 0 Å². The first kappa shape index (κ1) is 27.2. The van der Waals surface area contributed by atoms with Crippen LogP contribution in [0, 0.1) is 0 Å². The topological polar surface area (TPSA) is 43.6 Å². The van der Waals surface area contributed by atoms with Crippen LogP contribution in [-0.4, -0.2) is 19.5 Å². The minimum atomic E-state index is -0.651. The van der Waals surface area contributed by atoms with Gasteiger partial charge in [-0.05, 0) is 45.5 Å². The molecular formula is C52H34N4. The average molecular weight is 720 g/mol. The Bertz CT molecular complexity index is 3320. The highest BCUT2D eigenvalue weighted by atomic mass is 15.0. The second-order valence-electron chi connectivity index (χ2n) is 14.0. The van der Waals surface area contributed by atoms with Crippen LogP contribution in [0.15, 0.2) is 206 Å². The minimum Gasteiger partial charge on any atom is -0.309 e. The molecule has 56 heavy (non-hydrogen) atoms. The smallest absolute Gasteiger partial charge is 0.164 e. The van der Waals surface area contributed by atoms with Gasteiger partial charge in [-0.15, -0.1) is 0 Å². The van der Waals surface area contributed by atoms with Crippen LogP contribution in [0.5, 0.6) is 0 Å². The van der Waals surface area contributed by atoms with Crippen LogP contribution in [0.3, 0.4) is 0 Å². The number of fused-ring (bicyclic) bond motifs is 5. The van der Waals surface area contributed by atoms with Crippen molar-refractivity contribution in [2.45, 2.75) is 5.41 Å². The highest BCUT2D eigenvalue weighted by Crippen LogP contribution is 2.54. The van der Waals surface area contributed by atoms with Crippen molar-refractivity contribution < 1.29 is 6.85 Å². The summed E-state index contributed by atoms with van der Waals surface area (Å²) in [5.74, 6) is 1.47. The second-order valence-corrected chi connectivity index (χ2v) is 14.0. The van der Waals surface area contributed by atoms with Crippen molar-refractivity contribution in [1.82, 2.24) is 19.5 Å². The summed E-state index contributed by atoms with van der Waals surface area (Å²) >= 11 is 0. The first-order chi connectivity index (χ1) is 29.8. The summed E-state index contributed by atoms with van der Waals surface area (Å²) in [5, 5.41) is 2.43. The molecule has 0 spiro atoms. The van der Waals surface area contributed by atoms with E-state index in [-0.39, 0.29) is 29.7 Å². The van der Waals surface area contributed by atoms with E-state index in [0.717, 1.165) is 22.4 Å². The predicted octanol–water partition coefficient (Wildman–Crippen LogP) is 12.3. The normalized spacial score (nSPS) is 15.8. The lowest BCUT2D eigenvalue weighted by molar-refractivity contribution is 0.728. The largest absolute Gasteiger partial charge is 0.309 e. The molecule has 1 atom stereocenters. The third-order valence-electron chi connectivity index (χ3n) is 11.0. The number of hydrogen-bond acceptors (Lipinski definition) is 3. The van der Waals surface area contributed by atoms with Gasteiger partial charge in [-0.2, -0.15) is 0 Å². The molecular weight excluding hydrogens is 681 g/mol. The lowest BCUT2D eigenvalue weighted by atomic mass is 9.63. The van der Waals surface area contributed by atoms with Crippen molar-refractivity contribution in [1.29, 1.82) is 0 Å². The zero-order valence-electron chi connectivity index (χ0n) is 35.0. The number of rotatable bonds is 6. The van der Waals surface area contributed by atoms with Crippen molar-refractivity contribution in [3.05, 3.63) is 228 Å². The molecule has 0 saturated heterocycles. The monoisotopic (exact) mass is 719 g/mol. The zero-order valence-corrected chi connectivity index (χ0v) is 30.0. The molecule has 0 N–H and O–H groups in total. The highest BCUT2D eigenvalue weighted by Gasteiger charge is 2.45. The molecule has 262 valence electrons. The quantitative estimate of drug-likeness (QED) is 0.172. The third-order valence-corrected chi connectivity index (χ3v) is 11.0. The van der Waals surface area contributed by atoms with Gasteiger partial charge in [0.1, 0.15) is 0 Å². The first-order valence-corrected chi connectivity index (χ1v) is 18.6. The molecule has 8 aromatic carbocycles. The van der Waals surface area contributed by atoms with Gasteiger partial charge < -0.3 is 4.57 Å². The van der Waals surface area contributed by atoms with E-state index < -0.39 is 11.5 Å². The number of hydrogen-bond donors (Lipinski definition) is 0. The van der Waals surface area contributed by atoms with E-state index >= 15 is 0 Å². The van der Waals surface area contributed by atoms with Gasteiger partial charge in [0.05, 0.1) is 29.0 Å². The van der Waals surface area contributed by atoms with Crippen molar-refractivity contribution in [3.8, 4) is 51.0 Å². The fourth-order valence-corrected chi connectivity index (χ4v) is 8.58. The highest BCUT2D eigenvalue weighted by molar-refractivity contribution is 6.12. The average Bonchev–Trinajstić information content (AvgIpc) is 3.67. The molecule has 0 amide bonds. The third kappa shape index (κ3) is 4.89. The van der Waals surface area contributed by atoms with Crippen LogP contribution >= 0.6 is 0 Å². The van der Waals surface area contributed by atoms with Crippen LogP contribution in [-0.2, 0) is 5.41 Å². The van der Waals surface area contributed by atoms with Gasteiger partial charge in [-0.1, -0.05) is 194 Å². The Morgan fingerprint density at radius 2 is 0.911 bits per heavy atom. The fraction of sp³-hybridized carbons (Fsp3) is 0.0192. The summed E-state index contributed by atoms with van der Waals surface area (Å²) in [6.45, 7) is 0. The van der Waals surface area contributed by atoms with Crippen LogP contribution in [0.2, 0.25) is 0 Å². The van der Waals surface area contributed by atoms with Gasteiger partial charge in [-0.25, -0.2) is 15.0 Å². The molecule has 10 aromatic rings. The zero-order chi connectivity index (χ0) is 41.4. The molecule has 1 unspecified atom stereocenters. The van der Waals surface area contributed by atoms with Crippen LogP contribution in [0.4, 0.5) is 0 Å². The van der Waals surface area contributed by atoms with Gasteiger partial charge in [0.2, 0.25) is 0 Å². The van der Waals surface area contributed by atoms with Crippen molar-refractivity contribution >= 4 is 21.8 Å². The minimum absolute atomic E-state index is 0.144. The van der Waals surface area contributed by atoms with Crippen LogP contribution < -0.4 is 0 Å². The van der Waals surface area contributed by atoms with Crippen molar-refractivity contribution in [2.75, 3.05) is 0 Å². The number of aromatic nitrogens is 4. The molecule has 4 heteroatoms. The number of nitrogens with zero attached hydrogens (tertiary/aromatic N) is 4.